The molecule has 2 rings (SSSR count). The summed E-state index contributed by atoms with van der Waals surface area (Å²) in [7, 11) is 0. The van der Waals surface area contributed by atoms with Gasteiger partial charge in [0.25, 0.3) is 0 Å². The summed E-state index contributed by atoms with van der Waals surface area (Å²) in [6.07, 6.45) is 1.03. The van der Waals surface area contributed by atoms with Crippen molar-refractivity contribution < 1.29 is 4.74 Å². The van der Waals surface area contributed by atoms with Crippen molar-refractivity contribution in [2.24, 2.45) is 10.9 Å². The topological polar surface area (TPSA) is 48.9 Å². The summed E-state index contributed by atoms with van der Waals surface area (Å²) in [5.41, 5.74) is 0. The molecule has 0 aliphatic carbocycles. The normalized spacial score (nSPS) is 18.8. The molecule has 0 radical (unpaired) electrons. The highest BCUT2D eigenvalue weighted by Gasteiger charge is 2.14. The van der Waals surface area contributed by atoms with Gasteiger partial charge in [0.15, 0.2) is 5.96 Å². The summed E-state index contributed by atoms with van der Waals surface area (Å²) in [5, 5.41) is 6.92. The second-order valence-electron chi connectivity index (χ2n) is 7.00. The summed E-state index contributed by atoms with van der Waals surface area (Å²) in [5.74, 6) is 1.47. The van der Waals surface area contributed by atoms with E-state index in [9.17, 15) is 0 Å². The third-order valence-electron chi connectivity index (χ3n) is 4.27. The van der Waals surface area contributed by atoms with E-state index in [1.807, 2.05) is 11.3 Å². The molecule has 142 valence electrons. The van der Waals surface area contributed by atoms with Gasteiger partial charge in [-0.3, -0.25) is 9.89 Å². The average molecular weight is 367 g/mol. The van der Waals surface area contributed by atoms with Gasteiger partial charge in [-0.25, -0.2) is 0 Å². The number of ether oxygens (including phenoxy) is 1. The van der Waals surface area contributed by atoms with E-state index in [1.165, 1.54) is 9.75 Å². The Morgan fingerprint density at radius 3 is 2.72 bits per heavy atom. The van der Waals surface area contributed by atoms with E-state index in [4.69, 9.17) is 9.73 Å². The number of hydrogen-bond acceptors (Lipinski definition) is 4. The third-order valence-corrected chi connectivity index (χ3v) is 5.29. The standard InChI is InChI=1S/C19H34N4OS/c1-5-20-19(22-16(3)12-18-7-6-17(4)25-18)21-13-15(2)14-23-8-10-24-11-9-23/h6-7,15-16H,5,8-14H2,1-4H3,(H2,20,21,22). The highest BCUT2D eigenvalue weighted by Crippen LogP contribution is 2.16. The van der Waals surface area contributed by atoms with Gasteiger partial charge >= 0.3 is 0 Å². The van der Waals surface area contributed by atoms with Crippen LogP contribution < -0.4 is 10.6 Å². The Balaban J connectivity index is 1.79. The molecule has 2 heterocycles. The molecule has 0 aromatic carbocycles. The van der Waals surface area contributed by atoms with Crippen molar-refractivity contribution in [3.05, 3.63) is 21.9 Å². The van der Waals surface area contributed by atoms with E-state index < -0.39 is 0 Å². The molecule has 0 amide bonds. The molecule has 6 heteroatoms. The molecule has 0 bridgehead atoms. The van der Waals surface area contributed by atoms with Gasteiger partial charge in [-0.05, 0) is 38.8 Å². The van der Waals surface area contributed by atoms with Gasteiger partial charge in [-0.1, -0.05) is 6.92 Å². The van der Waals surface area contributed by atoms with Gasteiger partial charge < -0.3 is 15.4 Å². The predicted octanol–water partition coefficient (Wildman–Crippen LogP) is 2.51. The number of hydrogen-bond donors (Lipinski definition) is 2. The van der Waals surface area contributed by atoms with Crippen LogP contribution in [0, 0.1) is 12.8 Å². The van der Waals surface area contributed by atoms with E-state index >= 15 is 0 Å². The quantitative estimate of drug-likeness (QED) is 0.548. The lowest BCUT2D eigenvalue weighted by Gasteiger charge is -2.28. The van der Waals surface area contributed by atoms with Crippen molar-refractivity contribution >= 4 is 17.3 Å². The van der Waals surface area contributed by atoms with Gasteiger partial charge in [0.2, 0.25) is 0 Å². The number of aliphatic imine (C=N–C) groups is 1. The van der Waals surface area contributed by atoms with Crippen LogP contribution in [0.5, 0.6) is 0 Å². The van der Waals surface area contributed by atoms with Crippen molar-refractivity contribution in [1.82, 2.24) is 15.5 Å². The smallest absolute Gasteiger partial charge is 0.191 e. The molecular formula is C19H34N4OS. The lowest BCUT2D eigenvalue weighted by atomic mass is 10.1. The minimum absolute atomic E-state index is 0.366. The van der Waals surface area contributed by atoms with E-state index in [1.54, 1.807) is 0 Å². The molecule has 25 heavy (non-hydrogen) atoms. The van der Waals surface area contributed by atoms with Crippen molar-refractivity contribution in [2.75, 3.05) is 45.9 Å². The number of nitrogens with one attached hydrogen (secondary N) is 2. The van der Waals surface area contributed by atoms with Crippen molar-refractivity contribution in [3.63, 3.8) is 0 Å². The van der Waals surface area contributed by atoms with Gasteiger partial charge in [0, 0.05) is 54.9 Å². The molecule has 1 fully saturated rings. The molecule has 2 N–H and O–H groups in total. The van der Waals surface area contributed by atoms with Gasteiger partial charge in [-0.15, -0.1) is 11.3 Å². The Labute approximate surface area is 156 Å². The Morgan fingerprint density at radius 1 is 1.32 bits per heavy atom. The molecule has 2 unspecified atom stereocenters. The molecule has 1 aromatic heterocycles. The van der Waals surface area contributed by atoms with Crippen LogP contribution in [-0.2, 0) is 11.2 Å². The first-order valence-electron chi connectivity index (χ1n) is 9.47. The monoisotopic (exact) mass is 366 g/mol. The van der Waals surface area contributed by atoms with Crippen LogP contribution in [0.25, 0.3) is 0 Å². The number of aryl methyl sites for hydroxylation is 1. The molecule has 2 atom stereocenters. The van der Waals surface area contributed by atoms with E-state index in [0.717, 1.165) is 58.3 Å². The van der Waals surface area contributed by atoms with Gasteiger partial charge in [0.05, 0.1) is 13.2 Å². The van der Waals surface area contributed by atoms with Crippen LogP contribution in [-0.4, -0.2) is 62.8 Å². The zero-order chi connectivity index (χ0) is 18.1. The van der Waals surface area contributed by atoms with Crippen LogP contribution in [0.1, 0.15) is 30.5 Å². The molecule has 0 spiro atoms. The summed E-state index contributed by atoms with van der Waals surface area (Å²) in [6.45, 7) is 15.4. The predicted molar refractivity (Wildman–Crippen MR) is 108 cm³/mol. The maximum absolute atomic E-state index is 5.42. The first-order chi connectivity index (χ1) is 12.1. The lowest BCUT2D eigenvalue weighted by Crippen LogP contribution is -2.43. The number of morpholine rings is 1. The number of thiophene rings is 1. The molecular weight excluding hydrogens is 332 g/mol. The second kappa shape index (κ2) is 10.8. The lowest BCUT2D eigenvalue weighted by molar-refractivity contribution is 0.0323. The van der Waals surface area contributed by atoms with Crippen LogP contribution in [0.15, 0.2) is 17.1 Å². The van der Waals surface area contributed by atoms with Gasteiger partial charge in [0.1, 0.15) is 0 Å². The highest BCUT2D eigenvalue weighted by molar-refractivity contribution is 7.11. The van der Waals surface area contributed by atoms with Crippen LogP contribution in [0.4, 0.5) is 0 Å². The van der Waals surface area contributed by atoms with Crippen molar-refractivity contribution in [3.8, 4) is 0 Å². The number of rotatable bonds is 8. The van der Waals surface area contributed by atoms with Gasteiger partial charge in [-0.2, -0.15) is 0 Å². The fourth-order valence-corrected chi connectivity index (χ4v) is 4.05. The van der Waals surface area contributed by atoms with Crippen LogP contribution in [0.3, 0.4) is 0 Å². The Morgan fingerprint density at radius 2 is 2.08 bits per heavy atom. The van der Waals surface area contributed by atoms with E-state index in [0.29, 0.717) is 12.0 Å². The summed E-state index contributed by atoms with van der Waals surface area (Å²) >= 11 is 1.88. The summed E-state index contributed by atoms with van der Waals surface area (Å²) in [6, 6.07) is 4.79. The summed E-state index contributed by atoms with van der Waals surface area (Å²) in [4.78, 5) is 10.1. The van der Waals surface area contributed by atoms with E-state index in [2.05, 4.69) is 55.4 Å². The molecule has 5 nitrogen and oxygen atoms in total. The first kappa shape index (κ1) is 20.2. The zero-order valence-corrected chi connectivity index (χ0v) is 17.0. The Bertz CT molecular complexity index is 525. The second-order valence-corrected chi connectivity index (χ2v) is 8.37. The van der Waals surface area contributed by atoms with E-state index in [-0.39, 0.29) is 0 Å². The highest BCUT2D eigenvalue weighted by atomic mass is 32.1. The average Bonchev–Trinajstić information content (AvgIpc) is 2.98. The summed E-state index contributed by atoms with van der Waals surface area (Å²) < 4.78 is 5.42. The molecule has 1 aliphatic rings. The molecule has 1 aliphatic heterocycles. The first-order valence-corrected chi connectivity index (χ1v) is 10.3. The number of nitrogens with zero attached hydrogens (tertiary/aromatic N) is 2. The van der Waals surface area contributed by atoms with Crippen molar-refractivity contribution in [2.45, 2.75) is 40.2 Å². The molecule has 1 aromatic rings. The fraction of sp³-hybridized carbons (Fsp3) is 0.737. The SMILES string of the molecule is CCNC(=NCC(C)CN1CCOCC1)NC(C)Cc1ccc(C)s1. The van der Waals surface area contributed by atoms with Crippen LogP contribution >= 0.6 is 11.3 Å². The maximum Gasteiger partial charge on any atom is 0.191 e. The third kappa shape index (κ3) is 7.75. The Hall–Kier alpha value is -1.11. The molecule has 0 saturated carbocycles. The number of guanidine groups is 1. The largest absolute Gasteiger partial charge is 0.379 e. The molecule has 1 saturated heterocycles. The maximum atomic E-state index is 5.42. The minimum atomic E-state index is 0.366. The van der Waals surface area contributed by atoms with Crippen LogP contribution in [0.2, 0.25) is 0 Å². The minimum Gasteiger partial charge on any atom is -0.379 e. The van der Waals surface area contributed by atoms with Crippen molar-refractivity contribution in [1.29, 1.82) is 0 Å². The zero-order valence-electron chi connectivity index (χ0n) is 16.2. The fourth-order valence-electron chi connectivity index (χ4n) is 3.03. The Kier molecular flexibility index (Phi) is 8.72.